The van der Waals surface area contributed by atoms with Crippen molar-refractivity contribution >= 4 is 5.84 Å². The molecule has 2 heteroatoms. The smallest absolute Gasteiger partial charge is 0.100 e. The molecule has 0 unspecified atom stereocenters. The van der Waals surface area contributed by atoms with E-state index in [1.54, 1.807) is 0 Å². The molecule has 0 heterocycles. The molecule has 0 aromatic heterocycles. The van der Waals surface area contributed by atoms with Crippen LogP contribution in [0.25, 0.3) is 0 Å². The quantitative estimate of drug-likeness (QED) is 0.610. The molecule has 1 rings (SSSR count). The van der Waals surface area contributed by atoms with Gasteiger partial charge < -0.3 is 4.90 Å². The van der Waals surface area contributed by atoms with Crippen LogP contribution in [0.3, 0.4) is 0 Å². The Labute approximate surface area is 98.8 Å². The minimum atomic E-state index is 0.718. The lowest BCUT2D eigenvalue weighted by Gasteiger charge is -2.21. The van der Waals surface area contributed by atoms with Gasteiger partial charge in [-0.3, -0.25) is 5.41 Å². The second-order valence-electron chi connectivity index (χ2n) is 4.29. The Balaban J connectivity index is 2.76. The molecule has 0 aliphatic heterocycles. The van der Waals surface area contributed by atoms with Crippen LogP contribution in [0.1, 0.15) is 30.5 Å². The van der Waals surface area contributed by atoms with E-state index in [1.807, 2.05) is 0 Å². The average Bonchev–Trinajstić information content (AvgIpc) is 2.17. The third-order valence-corrected chi connectivity index (χ3v) is 2.80. The number of benzene rings is 1. The van der Waals surface area contributed by atoms with Crippen molar-refractivity contribution in [2.24, 2.45) is 0 Å². The highest BCUT2D eigenvalue weighted by molar-refractivity contribution is 5.81. The molecule has 0 fully saturated rings. The van der Waals surface area contributed by atoms with Crippen LogP contribution >= 0.6 is 0 Å². The van der Waals surface area contributed by atoms with Gasteiger partial charge in [-0.05, 0) is 33.3 Å². The molecule has 0 aliphatic rings. The summed E-state index contributed by atoms with van der Waals surface area (Å²) in [7, 11) is 0. The third kappa shape index (κ3) is 3.37. The summed E-state index contributed by atoms with van der Waals surface area (Å²) in [5.41, 5.74) is 3.80. The van der Waals surface area contributed by atoms with Gasteiger partial charge in [0, 0.05) is 19.5 Å². The Morgan fingerprint density at radius 1 is 1.06 bits per heavy atom. The second-order valence-corrected chi connectivity index (χ2v) is 4.29. The zero-order chi connectivity index (χ0) is 12.1. The molecule has 0 saturated carbocycles. The lowest BCUT2D eigenvalue weighted by Crippen LogP contribution is -2.31. The molecule has 0 saturated heterocycles. The maximum absolute atomic E-state index is 8.05. The van der Waals surface area contributed by atoms with Gasteiger partial charge in [-0.1, -0.05) is 29.3 Å². The van der Waals surface area contributed by atoms with Crippen LogP contribution in [0.15, 0.2) is 18.2 Å². The molecular formula is C14H22N2. The predicted molar refractivity (Wildman–Crippen MR) is 70.3 cm³/mol. The molecule has 0 radical (unpaired) electrons. The molecule has 1 aromatic rings. The summed E-state index contributed by atoms with van der Waals surface area (Å²) in [5.74, 6) is 0.718. The molecule has 1 N–H and O–H groups in total. The van der Waals surface area contributed by atoms with Gasteiger partial charge in [-0.25, -0.2) is 0 Å². The monoisotopic (exact) mass is 218 g/mol. The van der Waals surface area contributed by atoms with E-state index in [0.717, 1.165) is 25.3 Å². The Morgan fingerprint density at radius 2 is 1.56 bits per heavy atom. The van der Waals surface area contributed by atoms with Gasteiger partial charge in [0.15, 0.2) is 0 Å². The minimum Gasteiger partial charge on any atom is -0.361 e. The highest BCUT2D eigenvalue weighted by Crippen LogP contribution is 2.10. The number of aryl methyl sites for hydroxylation is 2. The van der Waals surface area contributed by atoms with Gasteiger partial charge in [0.1, 0.15) is 5.84 Å². The zero-order valence-electron chi connectivity index (χ0n) is 10.8. The normalized spacial score (nSPS) is 10.2. The summed E-state index contributed by atoms with van der Waals surface area (Å²) in [4.78, 5) is 2.09. The van der Waals surface area contributed by atoms with E-state index < -0.39 is 0 Å². The maximum Gasteiger partial charge on any atom is 0.100 e. The minimum absolute atomic E-state index is 0.718. The fourth-order valence-electron chi connectivity index (χ4n) is 2.08. The summed E-state index contributed by atoms with van der Waals surface area (Å²) in [6.45, 7) is 10.2. The largest absolute Gasteiger partial charge is 0.361 e. The molecule has 1 aromatic carbocycles. The van der Waals surface area contributed by atoms with Crippen molar-refractivity contribution in [3.05, 3.63) is 34.9 Å². The van der Waals surface area contributed by atoms with Crippen LogP contribution in [0.5, 0.6) is 0 Å². The summed E-state index contributed by atoms with van der Waals surface area (Å²) in [6, 6.07) is 6.51. The van der Waals surface area contributed by atoms with Crippen LogP contribution in [0, 0.1) is 19.3 Å². The van der Waals surface area contributed by atoms with E-state index in [2.05, 4.69) is 50.8 Å². The standard InChI is InChI=1S/C14H22N2/c1-5-16(6-2)14(15)10-13-8-11(3)7-12(4)9-13/h7-9,15H,5-6,10H2,1-4H3. The first-order valence-corrected chi connectivity index (χ1v) is 5.96. The van der Waals surface area contributed by atoms with Crippen molar-refractivity contribution < 1.29 is 0 Å². The zero-order valence-corrected chi connectivity index (χ0v) is 10.8. The van der Waals surface area contributed by atoms with Crippen molar-refractivity contribution in [3.8, 4) is 0 Å². The van der Waals surface area contributed by atoms with E-state index in [1.165, 1.54) is 16.7 Å². The van der Waals surface area contributed by atoms with Gasteiger partial charge in [0.25, 0.3) is 0 Å². The third-order valence-electron chi connectivity index (χ3n) is 2.80. The number of nitrogens with one attached hydrogen (secondary N) is 1. The average molecular weight is 218 g/mol. The van der Waals surface area contributed by atoms with E-state index in [-0.39, 0.29) is 0 Å². The summed E-state index contributed by atoms with van der Waals surface area (Å²) >= 11 is 0. The van der Waals surface area contributed by atoms with Gasteiger partial charge in [-0.15, -0.1) is 0 Å². The summed E-state index contributed by atoms with van der Waals surface area (Å²) < 4.78 is 0. The summed E-state index contributed by atoms with van der Waals surface area (Å²) in [5, 5.41) is 8.05. The first-order valence-electron chi connectivity index (χ1n) is 5.96. The van der Waals surface area contributed by atoms with E-state index in [4.69, 9.17) is 5.41 Å². The van der Waals surface area contributed by atoms with Crippen molar-refractivity contribution in [1.29, 1.82) is 5.41 Å². The fourth-order valence-corrected chi connectivity index (χ4v) is 2.08. The number of amidine groups is 1. The van der Waals surface area contributed by atoms with Gasteiger partial charge in [-0.2, -0.15) is 0 Å². The maximum atomic E-state index is 8.05. The molecule has 2 nitrogen and oxygen atoms in total. The summed E-state index contributed by atoms with van der Waals surface area (Å²) in [6.07, 6.45) is 0.740. The van der Waals surface area contributed by atoms with Gasteiger partial charge in [0.05, 0.1) is 0 Å². The van der Waals surface area contributed by atoms with E-state index in [0.29, 0.717) is 0 Å². The highest BCUT2D eigenvalue weighted by atomic mass is 15.1. The van der Waals surface area contributed by atoms with Crippen molar-refractivity contribution in [2.75, 3.05) is 13.1 Å². The molecular weight excluding hydrogens is 196 g/mol. The fraction of sp³-hybridized carbons (Fsp3) is 0.500. The Bertz CT molecular complexity index is 345. The second kappa shape index (κ2) is 5.69. The topological polar surface area (TPSA) is 27.1 Å². The van der Waals surface area contributed by atoms with Crippen LogP contribution in [0.4, 0.5) is 0 Å². The number of likely N-dealkylation sites (N-methyl/N-ethyl adjacent to an activating group) is 1. The van der Waals surface area contributed by atoms with Crippen LogP contribution in [-0.2, 0) is 6.42 Å². The Hall–Kier alpha value is -1.31. The van der Waals surface area contributed by atoms with Crippen LogP contribution in [0.2, 0.25) is 0 Å². The van der Waals surface area contributed by atoms with Crippen LogP contribution in [-0.4, -0.2) is 23.8 Å². The van der Waals surface area contributed by atoms with Crippen molar-refractivity contribution in [2.45, 2.75) is 34.1 Å². The molecule has 0 aliphatic carbocycles. The first-order chi connectivity index (χ1) is 7.56. The van der Waals surface area contributed by atoms with Gasteiger partial charge in [0.2, 0.25) is 0 Å². The van der Waals surface area contributed by atoms with Crippen molar-refractivity contribution in [3.63, 3.8) is 0 Å². The molecule has 0 bridgehead atoms. The highest BCUT2D eigenvalue weighted by Gasteiger charge is 2.06. The lowest BCUT2D eigenvalue weighted by atomic mass is 10.0. The number of hydrogen-bond donors (Lipinski definition) is 1. The Kier molecular flexibility index (Phi) is 4.53. The Morgan fingerprint density at radius 3 is 2.00 bits per heavy atom. The lowest BCUT2D eigenvalue weighted by molar-refractivity contribution is 0.455. The van der Waals surface area contributed by atoms with E-state index in [9.17, 15) is 0 Å². The van der Waals surface area contributed by atoms with Crippen molar-refractivity contribution in [1.82, 2.24) is 4.90 Å². The molecule has 0 atom stereocenters. The molecule has 0 spiro atoms. The number of rotatable bonds is 4. The molecule has 88 valence electrons. The molecule has 0 amide bonds. The number of hydrogen-bond acceptors (Lipinski definition) is 1. The predicted octanol–water partition coefficient (Wildman–Crippen LogP) is 3.17. The SMILES string of the molecule is CCN(CC)C(=N)Cc1cc(C)cc(C)c1. The van der Waals surface area contributed by atoms with Crippen LogP contribution < -0.4 is 0 Å². The first kappa shape index (κ1) is 12.8. The van der Waals surface area contributed by atoms with E-state index >= 15 is 0 Å². The molecule has 16 heavy (non-hydrogen) atoms. The van der Waals surface area contributed by atoms with Gasteiger partial charge >= 0.3 is 0 Å². The number of nitrogens with zero attached hydrogens (tertiary/aromatic N) is 1.